The van der Waals surface area contributed by atoms with Crippen molar-refractivity contribution in [1.29, 1.82) is 0 Å². The van der Waals surface area contributed by atoms with Gasteiger partial charge in [-0.2, -0.15) is 4.98 Å². The highest BCUT2D eigenvalue weighted by Gasteiger charge is 2.10. The number of hydrogen-bond acceptors (Lipinski definition) is 5. The molecule has 1 saturated heterocycles. The van der Waals surface area contributed by atoms with Crippen molar-refractivity contribution >= 4 is 29.0 Å². The lowest BCUT2D eigenvalue weighted by atomic mass is 10.4. The van der Waals surface area contributed by atoms with E-state index in [-0.39, 0.29) is 10.4 Å². The SMILES string of the molecule is Clc1nnc(Cl)c(NCCCN2CCCC2)n1. The minimum atomic E-state index is 0.108. The molecule has 0 saturated carbocycles. The minimum absolute atomic E-state index is 0.108. The van der Waals surface area contributed by atoms with Crippen LogP contribution < -0.4 is 5.32 Å². The number of nitrogens with zero attached hydrogens (tertiary/aromatic N) is 4. The van der Waals surface area contributed by atoms with Crippen LogP contribution in [0.15, 0.2) is 0 Å². The second-order valence-corrected chi connectivity index (χ2v) is 4.75. The van der Waals surface area contributed by atoms with Gasteiger partial charge in [0.15, 0.2) is 11.0 Å². The van der Waals surface area contributed by atoms with Crippen LogP contribution in [0.25, 0.3) is 0 Å². The maximum Gasteiger partial charge on any atom is 0.245 e. The summed E-state index contributed by atoms with van der Waals surface area (Å²) in [5.74, 6) is 0.507. The van der Waals surface area contributed by atoms with E-state index in [0.717, 1.165) is 19.5 Å². The van der Waals surface area contributed by atoms with Gasteiger partial charge in [-0.25, -0.2) is 0 Å². The second-order valence-electron chi connectivity index (χ2n) is 4.05. The largest absolute Gasteiger partial charge is 0.367 e. The number of hydrogen-bond donors (Lipinski definition) is 1. The fourth-order valence-electron chi connectivity index (χ4n) is 1.92. The van der Waals surface area contributed by atoms with Crippen molar-refractivity contribution in [3.63, 3.8) is 0 Å². The van der Waals surface area contributed by atoms with Crippen molar-refractivity contribution in [3.8, 4) is 0 Å². The summed E-state index contributed by atoms with van der Waals surface area (Å²) in [7, 11) is 0. The normalized spacial score (nSPS) is 16.4. The molecule has 1 aliphatic heterocycles. The van der Waals surface area contributed by atoms with Crippen LogP contribution >= 0.6 is 23.2 Å². The van der Waals surface area contributed by atoms with Gasteiger partial charge in [0.1, 0.15) is 0 Å². The van der Waals surface area contributed by atoms with E-state index in [2.05, 4.69) is 25.4 Å². The molecule has 1 aromatic heterocycles. The summed E-state index contributed by atoms with van der Waals surface area (Å²) in [4.78, 5) is 6.44. The first-order chi connectivity index (χ1) is 8.25. The molecule has 1 aliphatic rings. The van der Waals surface area contributed by atoms with Crippen molar-refractivity contribution in [3.05, 3.63) is 10.4 Å². The molecule has 7 heteroatoms. The fraction of sp³-hybridized carbons (Fsp3) is 0.700. The van der Waals surface area contributed by atoms with Crippen molar-refractivity contribution in [1.82, 2.24) is 20.1 Å². The zero-order valence-corrected chi connectivity index (χ0v) is 11.0. The van der Waals surface area contributed by atoms with Gasteiger partial charge in [0, 0.05) is 6.54 Å². The first-order valence-electron chi connectivity index (χ1n) is 5.77. The number of likely N-dealkylation sites (tertiary alicyclic amines) is 1. The minimum Gasteiger partial charge on any atom is -0.367 e. The van der Waals surface area contributed by atoms with Gasteiger partial charge in [-0.15, -0.1) is 10.2 Å². The van der Waals surface area contributed by atoms with Crippen LogP contribution in [0.1, 0.15) is 19.3 Å². The fourth-order valence-corrected chi connectivity index (χ4v) is 2.19. The number of halogens is 2. The van der Waals surface area contributed by atoms with Gasteiger partial charge < -0.3 is 10.2 Å². The van der Waals surface area contributed by atoms with Crippen LogP contribution in [-0.4, -0.2) is 46.3 Å². The summed E-state index contributed by atoms with van der Waals surface area (Å²) in [6, 6.07) is 0. The summed E-state index contributed by atoms with van der Waals surface area (Å²) < 4.78 is 0. The molecule has 0 aromatic carbocycles. The molecule has 17 heavy (non-hydrogen) atoms. The maximum atomic E-state index is 5.83. The van der Waals surface area contributed by atoms with E-state index in [1.54, 1.807) is 0 Å². The van der Waals surface area contributed by atoms with Crippen LogP contribution in [0, 0.1) is 0 Å². The molecular weight excluding hydrogens is 261 g/mol. The Morgan fingerprint density at radius 1 is 1.18 bits per heavy atom. The van der Waals surface area contributed by atoms with Gasteiger partial charge in [0.05, 0.1) is 0 Å². The molecule has 0 amide bonds. The quantitative estimate of drug-likeness (QED) is 0.834. The Kier molecular flexibility index (Phi) is 4.76. The van der Waals surface area contributed by atoms with E-state index in [0.29, 0.717) is 5.82 Å². The van der Waals surface area contributed by atoms with Crippen molar-refractivity contribution in [2.24, 2.45) is 0 Å². The summed E-state index contributed by atoms with van der Waals surface area (Å²) in [5, 5.41) is 10.7. The lowest BCUT2D eigenvalue weighted by Gasteiger charge is -2.14. The zero-order valence-electron chi connectivity index (χ0n) is 9.49. The van der Waals surface area contributed by atoms with E-state index in [1.807, 2.05) is 0 Å². The highest BCUT2D eigenvalue weighted by Crippen LogP contribution is 2.16. The predicted octanol–water partition coefficient (Wildman–Crippen LogP) is 2.08. The summed E-state index contributed by atoms with van der Waals surface area (Å²) in [5.41, 5.74) is 0. The van der Waals surface area contributed by atoms with Gasteiger partial charge in [0.25, 0.3) is 0 Å². The molecule has 1 fully saturated rings. The van der Waals surface area contributed by atoms with Gasteiger partial charge in [-0.05, 0) is 50.5 Å². The van der Waals surface area contributed by atoms with E-state index in [4.69, 9.17) is 23.2 Å². The van der Waals surface area contributed by atoms with Crippen LogP contribution in [0.3, 0.4) is 0 Å². The Morgan fingerprint density at radius 2 is 1.94 bits per heavy atom. The van der Waals surface area contributed by atoms with Crippen LogP contribution in [-0.2, 0) is 0 Å². The molecule has 94 valence electrons. The number of rotatable bonds is 5. The molecule has 0 radical (unpaired) electrons. The van der Waals surface area contributed by atoms with E-state index in [9.17, 15) is 0 Å². The van der Waals surface area contributed by atoms with Crippen LogP contribution in [0.5, 0.6) is 0 Å². The van der Waals surface area contributed by atoms with Crippen molar-refractivity contribution < 1.29 is 0 Å². The number of anilines is 1. The maximum absolute atomic E-state index is 5.83. The highest BCUT2D eigenvalue weighted by atomic mass is 35.5. The Labute approximate surface area is 111 Å². The molecule has 2 heterocycles. The number of nitrogens with one attached hydrogen (secondary N) is 1. The van der Waals surface area contributed by atoms with Crippen molar-refractivity contribution in [2.75, 3.05) is 31.5 Å². The Balaban J connectivity index is 1.72. The zero-order chi connectivity index (χ0) is 12.1. The Hall–Kier alpha value is -0.650. The van der Waals surface area contributed by atoms with E-state index < -0.39 is 0 Å². The first kappa shape index (κ1) is 12.8. The predicted molar refractivity (Wildman–Crippen MR) is 68.6 cm³/mol. The molecule has 1 aromatic rings. The summed E-state index contributed by atoms with van der Waals surface area (Å²) in [6.45, 7) is 4.37. The third-order valence-corrected chi connectivity index (χ3v) is 3.18. The van der Waals surface area contributed by atoms with Crippen LogP contribution in [0.2, 0.25) is 10.4 Å². The topological polar surface area (TPSA) is 53.9 Å². The average Bonchev–Trinajstić information content (AvgIpc) is 2.82. The third kappa shape index (κ3) is 3.94. The molecule has 0 atom stereocenters. The Bertz CT molecular complexity index is 368. The van der Waals surface area contributed by atoms with E-state index in [1.165, 1.54) is 25.9 Å². The Morgan fingerprint density at radius 3 is 2.71 bits per heavy atom. The summed E-state index contributed by atoms with van der Waals surface area (Å²) in [6.07, 6.45) is 3.70. The monoisotopic (exact) mass is 275 g/mol. The van der Waals surface area contributed by atoms with Gasteiger partial charge in [-0.1, -0.05) is 11.6 Å². The smallest absolute Gasteiger partial charge is 0.245 e. The van der Waals surface area contributed by atoms with Gasteiger partial charge in [-0.3, -0.25) is 0 Å². The third-order valence-electron chi connectivity index (χ3n) is 2.76. The van der Waals surface area contributed by atoms with Crippen LogP contribution in [0.4, 0.5) is 5.82 Å². The molecule has 0 spiro atoms. The molecule has 2 rings (SSSR count). The van der Waals surface area contributed by atoms with E-state index >= 15 is 0 Å². The van der Waals surface area contributed by atoms with Gasteiger partial charge >= 0.3 is 0 Å². The standard InChI is InChI=1S/C10H15Cl2N5/c11-8-9(14-10(12)16-15-8)13-4-3-7-17-5-1-2-6-17/h1-7H2,(H,13,14,16). The molecule has 1 N–H and O–H groups in total. The number of aromatic nitrogens is 3. The van der Waals surface area contributed by atoms with Gasteiger partial charge in [0.2, 0.25) is 5.28 Å². The first-order valence-corrected chi connectivity index (χ1v) is 6.53. The molecule has 5 nitrogen and oxygen atoms in total. The van der Waals surface area contributed by atoms with Crippen molar-refractivity contribution in [2.45, 2.75) is 19.3 Å². The molecule has 0 aliphatic carbocycles. The molecule has 0 bridgehead atoms. The second kappa shape index (κ2) is 6.33. The average molecular weight is 276 g/mol. The highest BCUT2D eigenvalue weighted by molar-refractivity contribution is 6.32. The lowest BCUT2D eigenvalue weighted by molar-refractivity contribution is 0.337. The molecular formula is C10H15Cl2N5. The molecule has 0 unspecified atom stereocenters. The summed E-state index contributed by atoms with van der Waals surface area (Å²) >= 11 is 11.5. The lowest BCUT2D eigenvalue weighted by Crippen LogP contribution is -2.22.